The zero-order valence-corrected chi connectivity index (χ0v) is 17.8. The van der Waals surface area contributed by atoms with Gasteiger partial charge >= 0.3 is 0 Å². The molecule has 0 spiro atoms. The van der Waals surface area contributed by atoms with E-state index in [0.29, 0.717) is 5.69 Å². The van der Waals surface area contributed by atoms with Crippen molar-refractivity contribution >= 4 is 44.2 Å². The molecule has 0 saturated carbocycles. The molecule has 0 bridgehead atoms. The first-order valence-electron chi connectivity index (χ1n) is 7.98. The fourth-order valence-electron chi connectivity index (χ4n) is 2.39. The normalized spacial score (nSPS) is 11.4. The third kappa shape index (κ3) is 4.95. The number of halogens is 1. The Morgan fingerprint density at radius 1 is 1.19 bits per heavy atom. The molecule has 0 aliphatic rings. The molecule has 0 atom stereocenters. The molecule has 6 nitrogen and oxygen atoms in total. The van der Waals surface area contributed by atoms with Gasteiger partial charge < -0.3 is 10.1 Å². The number of methoxy groups -OCH3 is 1. The highest BCUT2D eigenvalue weighted by Gasteiger charge is 2.28. The van der Waals surface area contributed by atoms with Crippen molar-refractivity contribution in [2.75, 3.05) is 25.5 Å². The van der Waals surface area contributed by atoms with E-state index in [4.69, 9.17) is 4.74 Å². The number of hydrogen-bond donors (Lipinski definition) is 1. The highest BCUT2D eigenvalue weighted by molar-refractivity contribution is 14.1. The van der Waals surface area contributed by atoms with Crippen LogP contribution in [-0.4, -0.2) is 38.8 Å². The number of likely N-dealkylation sites (N-methyl/N-ethyl adjacent to an activating group) is 1. The van der Waals surface area contributed by atoms with E-state index in [1.807, 2.05) is 12.1 Å². The molecule has 0 aliphatic heterocycles. The number of nitrogens with zero attached hydrogens (tertiary/aromatic N) is 1. The van der Waals surface area contributed by atoms with Gasteiger partial charge in [-0.2, -0.15) is 4.31 Å². The summed E-state index contributed by atoms with van der Waals surface area (Å²) in [7, 11) is -2.44. The Hall–Kier alpha value is -1.65. The van der Waals surface area contributed by atoms with Crippen molar-refractivity contribution in [1.82, 2.24) is 4.31 Å². The molecular formula is C18H21IN2O4S. The third-order valence-electron chi connectivity index (χ3n) is 3.74. The van der Waals surface area contributed by atoms with E-state index in [2.05, 4.69) is 27.9 Å². The fourth-order valence-corrected chi connectivity index (χ4v) is 4.39. The van der Waals surface area contributed by atoms with Crippen molar-refractivity contribution in [2.24, 2.45) is 0 Å². The van der Waals surface area contributed by atoms with Crippen LogP contribution in [0.15, 0.2) is 47.4 Å². The predicted molar refractivity (Wildman–Crippen MR) is 110 cm³/mol. The Balaban J connectivity index is 2.22. The summed E-state index contributed by atoms with van der Waals surface area (Å²) in [6, 6.07) is 12.2. The zero-order chi connectivity index (χ0) is 19.3. The van der Waals surface area contributed by atoms with Gasteiger partial charge in [-0.25, -0.2) is 8.42 Å². The van der Waals surface area contributed by atoms with Crippen LogP contribution in [0.25, 0.3) is 0 Å². The van der Waals surface area contributed by atoms with Crippen molar-refractivity contribution in [2.45, 2.75) is 18.7 Å². The van der Waals surface area contributed by atoms with Crippen molar-refractivity contribution < 1.29 is 17.9 Å². The summed E-state index contributed by atoms with van der Waals surface area (Å²) in [5.74, 6) is -0.143. The summed E-state index contributed by atoms with van der Waals surface area (Å²) < 4.78 is 33.3. The number of carbonyl (C=O) groups is 1. The molecule has 1 amide bonds. The first-order chi connectivity index (χ1) is 12.3. The summed E-state index contributed by atoms with van der Waals surface area (Å²) in [5, 5.41) is 2.72. The Kier molecular flexibility index (Phi) is 7.01. The lowest BCUT2D eigenvalue weighted by molar-refractivity contribution is -0.116. The van der Waals surface area contributed by atoms with Crippen LogP contribution in [-0.2, 0) is 14.8 Å². The van der Waals surface area contributed by atoms with E-state index in [1.54, 1.807) is 44.2 Å². The monoisotopic (exact) mass is 488 g/mol. The van der Waals surface area contributed by atoms with Gasteiger partial charge in [0.1, 0.15) is 10.6 Å². The van der Waals surface area contributed by atoms with Gasteiger partial charge in [-0.15, -0.1) is 0 Å². The third-order valence-corrected chi connectivity index (χ3v) is 6.40. The minimum Gasteiger partial charge on any atom is -0.495 e. The Bertz CT molecular complexity index is 883. The molecule has 2 aromatic carbocycles. The van der Waals surface area contributed by atoms with Gasteiger partial charge in [0.25, 0.3) is 0 Å². The first kappa shape index (κ1) is 20.7. The van der Waals surface area contributed by atoms with Crippen LogP contribution in [0.2, 0.25) is 0 Å². The number of benzene rings is 2. The molecule has 0 fully saturated rings. The van der Waals surface area contributed by atoms with Crippen LogP contribution in [0.3, 0.4) is 0 Å². The highest BCUT2D eigenvalue weighted by Crippen LogP contribution is 2.27. The maximum absolute atomic E-state index is 13.0. The molecular weight excluding hydrogens is 467 g/mol. The number of hydrogen-bond acceptors (Lipinski definition) is 4. The summed E-state index contributed by atoms with van der Waals surface area (Å²) >= 11 is 2.17. The van der Waals surface area contributed by atoms with Gasteiger partial charge in [-0.05, 0) is 71.5 Å². The molecule has 0 aromatic heterocycles. The van der Waals surface area contributed by atoms with E-state index in [9.17, 15) is 13.2 Å². The molecule has 8 heteroatoms. The molecule has 2 rings (SSSR count). The highest BCUT2D eigenvalue weighted by atomic mass is 127. The first-order valence-corrected chi connectivity index (χ1v) is 10.5. The fraction of sp³-hybridized carbons (Fsp3) is 0.278. The predicted octanol–water partition coefficient (Wildman–Crippen LogP) is 3.26. The smallest absolute Gasteiger partial charge is 0.247 e. The second kappa shape index (κ2) is 8.83. The summed E-state index contributed by atoms with van der Waals surface area (Å²) in [5.41, 5.74) is 1.42. The topological polar surface area (TPSA) is 75.7 Å². The number of nitrogens with one attached hydrogen (secondary N) is 1. The van der Waals surface area contributed by atoms with Gasteiger partial charge in [0.15, 0.2) is 0 Å². The molecule has 26 heavy (non-hydrogen) atoms. The maximum atomic E-state index is 13.0. The van der Waals surface area contributed by atoms with Gasteiger partial charge in [0.2, 0.25) is 15.9 Å². The lowest BCUT2D eigenvalue weighted by Gasteiger charge is -2.21. The molecule has 2 aromatic rings. The molecule has 140 valence electrons. The van der Waals surface area contributed by atoms with Crippen LogP contribution in [0.5, 0.6) is 5.75 Å². The number of rotatable bonds is 7. The number of ether oxygens (including phenoxy) is 1. The van der Waals surface area contributed by atoms with E-state index in [1.165, 1.54) is 7.11 Å². The van der Waals surface area contributed by atoms with E-state index >= 15 is 0 Å². The molecule has 0 heterocycles. The number of amides is 1. The quantitative estimate of drug-likeness (QED) is 0.608. The van der Waals surface area contributed by atoms with E-state index in [-0.39, 0.29) is 23.7 Å². The van der Waals surface area contributed by atoms with Crippen LogP contribution in [0, 0.1) is 10.5 Å². The minimum absolute atomic E-state index is 0.0592. The Morgan fingerprint density at radius 2 is 1.85 bits per heavy atom. The van der Waals surface area contributed by atoms with Crippen LogP contribution in [0.4, 0.5) is 5.69 Å². The summed E-state index contributed by atoms with van der Waals surface area (Å²) in [6.07, 6.45) is 0. The lowest BCUT2D eigenvalue weighted by atomic mass is 10.2. The molecule has 0 radical (unpaired) electrons. The zero-order valence-electron chi connectivity index (χ0n) is 14.8. The molecule has 0 unspecified atom stereocenters. The van der Waals surface area contributed by atoms with Crippen LogP contribution in [0.1, 0.15) is 12.5 Å². The van der Waals surface area contributed by atoms with Crippen molar-refractivity contribution in [3.05, 3.63) is 51.6 Å². The number of sulfonamides is 1. The number of carbonyl (C=O) groups excluding carboxylic acids is 1. The largest absolute Gasteiger partial charge is 0.495 e. The maximum Gasteiger partial charge on any atom is 0.247 e. The molecule has 0 aliphatic carbocycles. The SMILES string of the molecule is CCN(CC(=O)Nc1ccc(I)cc1)S(=O)(=O)c1cc(C)ccc1OC. The number of aryl methyl sites for hydroxylation is 1. The lowest BCUT2D eigenvalue weighted by Crippen LogP contribution is -2.38. The van der Waals surface area contributed by atoms with Gasteiger partial charge in [0.05, 0.1) is 13.7 Å². The Morgan fingerprint density at radius 3 is 2.42 bits per heavy atom. The van der Waals surface area contributed by atoms with Crippen LogP contribution < -0.4 is 10.1 Å². The van der Waals surface area contributed by atoms with Crippen molar-refractivity contribution in [1.29, 1.82) is 0 Å². The van der Waals surface area contributed by atoms with Gasteiger partial charge in [-0.1, -0.05) is 13.0 Å². The second-order valence-electron chi connectivity index (χ2n) is 5.64. The second-order valence-corrected chi connectivity index (χ2v) is 8.79. The van der Waals surface area contributed by atoms with Crippen molar-refractivity contribution in [3.63, 3.8) is 0 Å². The van der Waals surface area contributed by atoms with E-state index < -0.39 is 15.9 Å². The summed E-state index contributed by atoms with van der Waals surface area (Å²) in [4.78, 5) is 12.4. The van der Waals surface area contributed by atoms with Gasteiger partial charge in [0, 0.05) is 15.8 Å². The standard InChI is InChI=1S/C18H21IN2O4S/c1-4-21(12-18(22)20-15-8-6-14(19)7-9-15)26(23,24)17-11-13(2)5-10-16(17)25-3/h5-11H,4,12H2,1-3H3,(H,20,22). The molecule has 1 N–H and O–H groups in total. The summed E-state index contributed by atoms with van der Waals surface area (Å²) in [6.45, 7) is 3.39. The van der Waals surface area contributed by atoms with Crippen molar-refractivity contribution in [3.8, 4) is 5.75 Å². The molecule has 0 saturated heterocycles. The minimum atomic E-state index is -3.86. The van der Waals surface area contributed by atoms with Gasteiger partial charge in [-0.3, -0.25) is 4.79 Å². The number of anilines is 1. The average Bonchev–Trinajstić information content (AvgIpc) is 2.61. The van der Waals surface area contributed by atoms with E-state index in [0.717, 1.165) is 13.4 Å². The average molecular weight is 488 g/mol. The Labute approximate surface area is 167 Å². The van der Waals surface area contributed by atoms with Crippen LogP contribution >= 0.6 is 22.6 Å².